The van der Waals surface area contributed by atoms with Crippen molar-refractivity contribution in [3.63, 3.8) is 0 Å². The minimum absolute atomic E-state index is 0.0273. The number of carbonyl (C=O) groups excluding carboxylic acids is 5. The fourth-order valence-corrected chi connectivity index (χ4v) is 9.83. The molecule has 3 aliphatic heterocycles. The SMILES string of the molecule is CO[C@H]1C[C@@H]2CC[C@@H](C)[C@@](O)(O2)C(=O)C(=O)N2CCCC[C@H]2C(=O)O[C@H]([C@H](C)CC2CCC(O)CC2)CC(=O)[C@H](C)/C=C(\C)[C@@H](O)[C@@H](OC)C(=O)[C@H](C)C[C@H](C)/C=C/C=CC=C1C. The minimum Gasteiger partial charge on any atom is -0.460 e. The number of allylic oxidation sites excluding steroid dienone is 6. The smallest absolute Gasteiger partial charge is 0.329 e. The first kappa shape index (κ1) is 52.3. The number of Topliss-reactive ketones (excluding diaryl/α,β-unsaturated/α-hetero) is 3. The monoisotopic (exact) mass is 884 g/mol. The van der Waals surface area contributed by atoms with Gasteiger partial charge < -0.3 is 39.2 Å². The molecular weight excluding hydrogens is 807 g/mol. The second kappa shape index (κ2) is 24.3. The molecule has 4 aliphatic rings. The molecule has 4 rings (SSSR count). The van der Waals surface area contributed by atoms with Gasteiger partial charge in [-0.15, -0.1) is 0 Å². The highest BCUT2D eigenvalue weighted by atomic mass is 16.6. The van der Waals surface area contributed by atoms with Gasteiger partial charge >= 0.3 is 5.97 Å². The van der Waals surface area contributed by atoms with E-state index in [1.165, 1.54) is 12.0 Å². The van der Waals surface area contributed by atoms with Crippen LogP contribution in [0.1, 0.15) is 132 Å². The lowest BCUT2D eigenvalue weighted by atomic mass is 9.79. The summed E-state index contributed by atoms with van der Waals surface area (Å²) in [4.78, 5) is 71.5. The van der Waals surface area contributed by atoms with Crippen LogP contribution in [0.15, 0.2) is 47.6 Å². The number of ketones is 3. The molecule has 0 aromatic rings. The van der Waals surface area contributed by atoms with Crippen LogP contribution in [-0.4, -0.2) is 119 Å². The summed E-state index contributed by atoms with van der Waals surface area (Å²) >= 11 is 0. The fraction of sp³-hybridized carbons (Fsp3) is 0.740. The molecule has 1 amide bonds. The number of cyclic esters (lactones) is 1. The van der Waals surface area contributed by atoms with Crippen LogP contribution in [0.3, 0.4) is 0 Å². The summed E-state index contributed by atoms with van der Waals surface area (Å²) in [5.74, 6) is -7.60. The summed E-state index contributed by atoms with van der Waals surface area (Å²) in [6.07, 6.45) is 13.2. The Morgan fingerprint density at radius 1 is 0.857 bits per heavy atom. The zero-order chi connectivity index (χ0) is 46.6. The van der Waals surface area contributed by atoms with Gasteiger partial charge in [-0.2, -0.15) is 0 Å². The Hall–Kier alpha value is -3.33. The molecular formula is C50H77NO12. The molecule has 0 unspecified atom stereocenters. The lowest BCUT2D eigenvalue weighted by Crippen LogP contribution is -2.61. The van der Waals surface area contributed by atoms with E-state index in [2.05, 4.69) is 0 Å². The molecule has 354 valence electrons. The number of aliphatic hydroxyl groups is 3. The maximum atomic E-state index is 14.3. The van der Waals surface area contributed by atoms with Gasteiger partial charge in [0.15, 0.2) is 5.78 Å². The third-order valence-electron chi connectivity index (χ3n) is 14.1. The molecule has 13 nitrogen and oxygen atoms in total. The van der Waals surface area contributed by atoms with Crippen molar-refractivity contribution in [3.05, 3.63) is 47.6 Å². The highest BCUT2D eigenvalue weighted by Gasteiger charge is 2.53. The molecule has 3 heterocycles. The highest BCUT2D eigenvalue weighted by Crippen LogP contribution is 2.37. The molecule has 0 aromatic carbocycles. The van der Waals surface area contributed by atoms with E-state index in [1.807, 2.05) is 58.1 Å². The fourth-order valence-electron chi connectivity index (χ4n) is 9.83. The number of aliphatic hydroxyl groups excluding tert-OH is 2. The maximum absolute atomic E-state index is 14.3. The number of methoxy groups -OCH3 is 2. The maximum Gasteiger partial charge on any atom is 0.329 e. The Labute approximate surface area is 375 Å². The van der Waals surface area contributed by atoms with E-state index in [0.29, 0.717) is 63.4 Å². The normalized spacial score (nSPS) is 38.8. The number of piperidine rings is 1. The summed E-state index contributed by atoms with van der Waals surface area (Å²) < 4.78 is 23.8. The van der Waals surface area contributed by atoms with Crippen LogP contribution in [0, 0.1) is 35.5 Å². The largest absolute Gasteiger partial charge is 0.460 e. The third-order valence-corrected chi connectivity index (χ3v) is 14.1. The lowest BCUT2D eigenvalue weighted by molar-refractivity contribution is -0.265. The van der Waals surface area contributed by atoms with Crippen molar-refractivity contribution in [3.8, 4) is 0 Å². The number of fused-ring (bicyclic) bond motifs is 3. The highest BCUT2D eigenvalue weighted by molar-refractivity contribution is 6.39. The first-order valence-corrected chi connectivity index (χ1v) is 23.4. The van der Waals surface area contributed by atoms with Gasteiger partial charge in [-0.25, -0.2) is 4.79 Å². The number of amides is 1. The molecule has 12 atom stereocenters. The van der Waals surface area contributed by atoms with Crippen molar-refractivity contribution in [2.45, 2.75) is 180 Å². The van der Waals surface area contributed by atoms with Crippen LogP contribution >= 0.6 is 0 Å². The van der Waals surface area contributed by atoms with E-state index in [-0.39, 0.29) is 54.8 Å². The van der Waals surface area contributed by atoms with E-state index < -0.39 is 77.8 Å². The van der Waals surface area contributed by atoms with Gasteiger partial charge in [0.25, 0.3) is 11.7 Å². The Morgan fingerprint density at radius 3 is 2.22 bits per heavy atom. The number of rotatable bonds is 5. The zero-order valence-corrected chi connectivity index (χ0v) is 39.3. The van der Waals surface area contributed by atoms with Gasteiger partial charge in [-0.3, -0.25) is 19.2 Å². The number of hydrogen-bond acceptors (Lipinski definition) is 12. The molecule has 1 aliphatic carbocycles. The molecule has 0 spiro atoms. The molecule has 2 bridgehead atoms. The average molecular weight is 884 g/mol. The van der Waals surface area contributed by atoms with Gasteiger partial charge in [-0.1, -0.05) is 71.1 Å². The summed E-state index contributed by atoms with van der Waals surface area (Å²) in [6.45, 7) is 12.8. The quantitative estimate of drug-likeness (QED) is 0.154. The molecule has 3 N–H and O–H groups in total. The number of ether oxygens (including phenoxy) is 4. The van der Waals surface area contributed by atoms with Crippen molar-refractivity contribution >= 4 is 29.2 Å². The first-order chi connectivity index (χ1) is 29.8. The van der Waals surface area contributed by atoms with Crippen LogP contribution in [0.2, 0.25) is 0 Å². The standard InChI is InChI=1S/C50H77NO12/c1-30-15-11-10-12-16-31(2)42(60-8)28-39-23-18-36(7)50(59,63-39)47(56)48(57)51-24-14-13-17-40(51)49(58)62-43(33(4)27-37-19-21-38(52)22-20-37)29-41(53)32(3)26-35(6)45(55)46(61-9)44(54)34(5)25-30/h10-12,15-16,26,30,32-34,36-40,42-43,45-46,52,55,59H,13-14,17-25,27-29H2,1-9H3/b12-10?,15-11+,31-16?,35-26+/t30-,32-,33-,34-,36-,37?,38?,39+,40+,42+,43+,45-,46+,50-/m1/s1. The first-order valence-electron chi connectivity index (χ1n) is 23.4. The average Bonchev–Trinajstić information content (AvgIpc) is 3.26. The molecule has 13 heteroatoms. The number of carbonyl (C=O) groups is 5. The molecule has 1 saturated carbocycles. The van der Waals surface area contributed by atoms with Crippen molar-refractivity contribution in [2.24, 2.45) is 35.5 Å². The van der Waals surface area contributed by atoms with Crippen molar-refractivity contribution in [2.75, 3.05) is 20.8 Å². The van der Waals surface area contributed by atoms with E-state index in [0.717, 1.165) is 18.4 Å². The Kier molecular flexibility index (Phi) is 20.1. The van der Waals surface area contributed by atoms with E-state index in [4.69, 9.17) is 18.9 Å². The van der Waals surface area contributed by atoms with Gasteiger partial charge in [0.1, 0.15) is 30.1 Å². The van der Waals surface area contributed by atoms with Crippen molar-refractivity contribution < 1.29 is 58.2 Å². The summed E-state index contributed by atoms with van der Waals surface area (Å²) in [5.41, 5.74) is 1.29. The van der Waals surface area contributed by atoms with E-state index in [9.17, 15) is 39.3 Å². The predicted molar refractivity (Wildman–Crippen MR) is 239 cm³/mol. The molecule has 0 radical (unpaired) electrons. The van der Waals surface area contributed by atoms with Crippen LogP contribution in [-0.2, 0) is 42.9 Å². The van der Waals surface area contributed by atoms with Gasteiger partial charge in [0.05, 0.1) is 18.3 Å². The Bertz CT molecular complexity index is 1690. The second-order valence-corrected chi connectivity index (χ2v) is 19.2. The zero-order valence-electron chi connectivity index (χ0n) is 39.3. The summed E-state index contributed by atoms with van der Waals surface area (Å²) in [6, 6.07) is -1.11. The Balaban J connectivity index is 1.69. The third kappa shape index (κ3) is 14.1. The molecule has 3 fully saturated rings. The number of nitrogens with zero attached hydrogens (tertiary/aromatic N) is 1. The topological polar surface area (TPSA) is 186 Å². The van der Waals surface area contributed by atoms with Gasteiger partial charge in [0, 0.05) is 51.4 Å². The number of esters is 1. The van der Waals surface area contributed by atoms with Crippen molar-refractivity contribution in [1.82, 2.24) is 4.90 Å². The van der Waals surface area contributed by atoms with Gasteiger partial charge in [0.2, 0.25) is 5.79 Å². The van der Waals surface area contributed by atoms with Crippen LogP contribution in [0.5, 0.6) is 0 Å². The van der Waals surface area contributed by atoms with Crippen molar-refractivity contribution in [1.29, 1.82) is 0 Å². The van der Waals surface area contributed by atoms with E-state index in [1.54, 1.807) is 34.0 Å². The van der Waals surface area contributed by atoms with E-state index >= 15 is 0 Å². The second-order valence-electron chi connectivity index (χ2n) is 19.2. The summed E-state index contributed by atoms with van der Waals surface area (Å²) in [7, 11) is 2.96. The van der Waals surface area contributed by atoms with Crippen LogP contribution in [0.4, 0.5) is 0 Å². The lowest BCUT2D eigenvalue weighted by Gasteiger charge is -2.42. The summed E-state index contributed by atoms with van der Waals surface area (Å²) in [5, 5.41) is 33.4. The molecule has 2 saturated heterocycles. The van der Waals surface area contributed by atoms with Crippen LogP contribution in [0.25, 0.3) is 0 Å². The minimum atomic E-state index is -2.41. The number of hydrogen-bond donors (Lipinski definition) is 3. The predicted octanol–water partition coefficient (Wildman–Crippen LogP) is 6.56. The molecule has 63 heavy (non-hydrogen) atoms. The Morgan fingerprint density at radius 2 is 1.56 bits per heavy atom. The van der Waals surface area contributed by atoms with Crippen LogP contribution < -0.4 is 0 Å². The molecule has 0 aromatic heterocycles. The van der Waals surface area contributed by atoms with Gasteiger partial charge in [-0.05, 0) is 113 Å².